The Labute approximate surface area is 263 Å². The predicted octanol–water partition coefficient (Wildman–Crippen LogP) is 5.91. The highest BCUT2D eigenvalue weighted by Crippen LogP contribution is 2.34. The van der Waals surface area contributed by atoms with Gasteiger partial charge in [0.25, 0.3) is 5.56 Å². The number of hydrogen-bond acceptors (Lipinski definition) is 6. The first-order valence-electron chi connectivity index (χ1n) is 14.0. The van der Waals surface area contributed by atoms with E-state index in [9.17, 15) is 9.59 Å². The number of esters is 1. The minimum atomic E-state index is -0.679. The second-order valence-electron chi connectivity index (χ2n) is 10.3. The number of thiazole rings is 1. The number of allylic oxidation sites excluding steroid dienone is 1. The number of carbonyl (C=O) groups excluding carboxylic acids is 1. The molecule has 0 saturated carbocycles. The molecule has 3 heterocycles. The van der Waals surface area contributed by atoms with Gasteiger partial charge in [0.05, 0.1) is 35.6 Å². The summed E-state index contributed by atoms with van der Waals surface area (Å²) in [5.74, 6) is 0.188. The molecule has 4 aromatic rings. The van der Waals surface area contributed by atoms with Crippen molar-refractivity contribution in [1.82, 2.24) is 9.13 Å². The third kappa shape index (κ3) is 5.51. The molecule has 0 unspecified atom stereocenters. The summed E-state index contributed by atoms with van der Waals surface area (Å²) in [6.45, 7) is 10.3. The van der Waals surface area contributed by atoms with Crippen LogP contribution in [0.1, 0.15) is 60.8 Å². The van der Waals surface area contributed by atoms with Crippen LogP contribution in [0.3, 0.4) is 0 Å². The van der Waals surface area contributed by atoms with Crippen LogP contribution in [-0.4, -0.2) is 28.8 Å². The van der Waals surface area contributed by atoms with E-state index in [1.165, 1.54) is 20.5 Å². The number of carbonyl (C=O) groups is 1. The van der Waals surface area contributed by atoms with Crippen molar-refractivity contribution in [2.24, 2.45) is 4.99 Å². The summed E-state index contributed by atoms with van der Waals surface area (Å²) in [7, 11) is 1.60. The van der Waals surface area contributed by atoms with E-state index < -0.39 is 12.0 Å². The Bertz CT molecular complexity index is 1900. The average molecular weight is 696 g/mol. The van der Waals surface area contributed by atoms with Crippen molar-refractivity contribution < 1.29 is 14.3 Å². The van der Waals surface area contributed by atoms with Gasteiger partial charge in [-0.1, -0.05) is 42.9 Å². The number of aromatic nitrogens is 2. The van der Waals surface area contributed by atoms with E-state index in [4.69, 9.17) is 14.5 Å². The maximum absolute atomic E-state index is 14.2. The molecule has 0 spiro atoms. The Kier molecular flexibility index (Phi) is 8.89. The molecule has 1 atom stereocenters. The molecule has 5 rings (SSSR count). The number of nitrogens with zero attached hydrogens (tertiary/aromatic N) is 3. The molecule has 2 aromatic heterocycles. The van der Waals surface area contributed by atoms with Crippen molar-refractivity contribution in [1.29, 1.82) is 0 Å². The molecule has 0 amide bonds. The molecule has 0 bridgehead atoms. The fourth-order valence-electron chi connectivity index (χ4n) is 5.44. The highest BCUT2D eigenvalue weighted by atomic mass is 127. The molecule has 1 aliphatic heterocycles. The van der Waals surface area contributed by atoms with Crippen molar-refractivity contribution in [2.45, 2.75) is 53.5 Å². The van der Waals surface area contributed by atoms with Crippen LogP contribution in [-0.2, 0) is 9.53 Å². The third-order valence-corrected chi connectivity index (χ3v) is 9.62. The van der Waals surface area contributed by atoms with Crippen LogP contribution in [0.25, 0.3) is 11.8 Å². The van der Waals surface area contributed by atoms with Gasteiger partial charge in [0.1, 0.15) is 5.75 Å². The van der Waals surface area contributed by atoms with E-state index in [0.29, 0.717) is 32.8 Å². The van der Waals surface area contributed by atoms with E-state index in [0.717, 1.165) is 34.6 Å². The second kappa shape index (κ2) is 12.4. The van der Waals surface area contributed by atoms with Crippen molar-refractivity contribution in [3.63, 3.8) is 0 Å². The summed E-state index contributed by atoms with van der Waals surface area (Å²) >= 11 is 3.71. The molecule has 0 fully saturated rings. The number of methoxy groups -OCH3 is 1. The molecule has 1 aliphatic rings. The van der Waals surface area contributed by atoms with E-state index in [1.807, 2.05) is 37.3 Å². The summed E-state index contributed by atoms with van der Waals surface area (Å²) in [4.78, 5) is 33.0. The van der Waals surface area contributed by atoms with Crippen LogP contribution in [0.5, 0.6) is 5.75 Å². The summed E-state index contributed by atoms with van der Waals surface area (Å²) in [5.41, 5.74) is 7.03. The maximum Gasteiger partial charge on any atom is 0.338 e. The number of aryl methyl sites for hydroxylation is 2. The summed E-state index contributed by atoms with van der Waals surface area (Å²) < 4.78 is 16.6. The van der Waals surface area contributed by atoms with Crippen molar-refractivity contribution in [3.8, 4) is 11.4 Å². The molecule has 218 valence electrons. The third-order valence-electron chi connectivity index (χ3n) is 7.47. The fraction of sp³-hybridized carbons (Fsp3) is 0.303. The number of fused-ring (bicyclic) bond motifs is 1. The van der Waals surface area contributed by atoms with Crippen LogP contribution in [0.2, 0.25) is 0 Å². The second-order valence-corrected chi connectivity index (χ2v) is 12.5. The number of hydrogen-bond donors (Lipinski definition) is 0. The van der Waals surface area contributed by atoms with Gasteiger partial charge >= 0.3 is 5.97 Å². The Morgan fingerprint density at radius 1 is 1.12 bits per heavy atom. The van der Waals surface area contributed by atoms with Crippen LogP contribution >= 0.6 is 33.9 Å². The minimum absolute atomic E-state index is 0.196. The number of halogens is 1. The van der Waals surface area contributed by atoms with E-state index in [2.05, 4.69) is 72.2 Å². The smallest absolute Gasteiger partial charge is 0.338 e. The van der Waals surface area contributed by atoms with E-state index in [1.54, 1.807) is 18.6 Å². The number of ether oxygens (including phenoxy) is 2. The number of rotatable bonds is 8. The molecule has 42 heavy (non-hydrogen) atoms. The van der Waals surface area contributed by atoms with Gasteiger partial charge in [0.2, 0.25) is 0 Å². The molecular weight excluding hydrogens is 661 g/mol. The van der Waals surface area contributed by atoms with Gasteiger partial charge in [0, 0.05) is 20.6 Å². The molecule has 7 nitrogen and oxygen atoms in total. The lowest BCUT2D eigenvalue weighted by Crippen LogP contribution is -2.40. The quantitative estimate of drug-likeness (QED) is 0.170. The summed E-state index contributed by atoms with van der Waals surface area (Å²) in [5, 5.41) is 0. The first kappa shape index (κ1) is 30.0. The topological polar surface area (TPSA) is 74.8 Å². The normalized spacial score (nSPS) is 15.0. The maximum atomic E-state index is 14.2. The van der Waals surface area contributed by atoms with Crippen LogP contribution < -0.4 is 19.6 Å². The van der Waals surface area contributed by atoms with Crippen molar-refractivity contribution >= 4 is 46.0 Å². The molecule has 0 saturated heterocycles. The van der Waals surface area contributed by atoms with Gasteiger partial charge in [0.15, 0.2) is 4.80 Å². The van der Waals surface area contributed by atoms with Crippen molar-refractivity contribution in [2.75, 3.05) is 13.7 Å². The zero-order valence-corrected chi connectivity index (χ0v) is 27.6. The molecule has 0 N–H and O–H groups in total. The summed E-state index contributed by atoms with van der Waals surface area (Å²) in [6.07, 6.45) is 3.33. The van der Waals surface area contributed by atoms with Crippen molar-refractivity contribution in [3.05, 3.63) is 111 Å². The van der Waals surface area contributed by atoms with E-state index in [-0.39, 0.29) is 12.2 Å². The SMILES string of the molecule is CCCC1=C(C(=O)OCC)[C@@H](c2cccc(OC)c2)n2c(s/c(=C\c3cc(C)n(-c4ccc(C)c(I)c4)c3C)c2=O)=N1. The lowest BCUT2D eigenvalue weighted by Gasteiger charge is -2.26. The molecular formula is C33H34IN3O4S. The monoisotopic (exact) mass is 695 g/mol. The van der Waals surface area contributed by atoms with Gasteiger partial charge in [-0.25, -0.2) is 9.79 Å². The number of benzene rings is 2. The van der Waals surface area contributed by atoms with Gasteiger partial charge in [-0.15, -0.1) is 0 Å². The minimum Gasteiger partial charge on any atom is -0.497 e. The Balaban J connectivity index is 1.72. The predicted molar refractivity (Wildman–Crippen MR) is 175 cm³/mol. The first-order chi connectivity index (χ1) is 20.2. The Morgan fingerprint density at radius 3 is 2.60 bits per heavy atom. The molecule has 9 heteroatoms. The zero-order valence-electron chi connectivity index (χ0n) is 24.7. The van der Waals surface area contributed by atoms with Crippen LogP contribution in [0, 0.1) is 24.3 Å². The van der Waals surface area contributed by atoms with Crippen LogP contribution in [0.15, 0.2) is 69.6 Å². The van der Waals surface area contributed by atoms with Gasteiger partial charge in [-0.05, 0) is 110 Å². The average Bonchev–Trinajstić information content (AvgIpc) is 3.43. The fourth-order valence-corrected chi connectivity index (χ4v) is 6.95. The lowest BCUT2D eigenvalue weighted by atomic mass is 9.94. The standard InChI is InChI=1S/C33H34IN3O4S/c1-7-10-27-29(32(39)41-8-2)30(22-11-9-12-25(16-22)40-6)37-31(38)28(42-33(37)35-27)17-23-15-20(4)36(21(23)5)24-14-13-19(3)26(34)18-24/h9,11-18,30H,7-8,10H2,1-6H3/b28-17-/t30-/m1/s1. The highest BCUT2D eigenvalue weighted by molar-refractivity contribution is 14.1. The Hall–Kier alpha value is -3.44. The molecule has 0 aliphatic carbocycles. The van der Waals surface area contributed by atoms with Gasteiger partial charge in [-0.3, -0.25) is 9.36 Å². The summed E-state index contributed by atoms with van der Waals surface area (Å²) in [6, 6.07) is 15.3. The highest BCUT2D eigenvalue weighted by Gasteiger charge is 2.34. The van der Waals surface area contributed by atoms with Gasteiger partial charge < -0.3 is 14.0 Å². The zero-order chi connectivity index (χ0) is 30.1. The molecule has 0 radical (unpaired) electrons. The largest absolute Gasteiger partial charge is 0.497 e. The first-order valence-corrected chi connectivity index (χ1v) is 15.9. The lowest BCUT2D eigenvalue weighted by molar-refractivity contribution is -0.139. The van der Waals surface area contributed by atoms with Gasteiger partial charge in [-0.2, -0.15) is 0 Å². The van der Waals surface area contributed by atoms with E-state index >= 15 is 0 Å². The Morgan fingerprint density at radius 2 is 1.90 bits per heavy atom. The van der Waals surface area contributed by atoms with Crippen LogP contribution in [0.4, 0.5) is 0 Å². The molecule has 2 aromatic carbocycles.